The van der Waals surface area contributed by atoms with Crippen LogP contribution in [0.25, 0.3) is 0 Å². The summed E-state index contributed by atoms with van der Waals surface area (Å²) in [7, 11) is 0. The minimum atomic E-state index is -4.77. The van der Waals surface area contributed by atoms with Crippen LogP contribution >= 0.6 is 11.3 Å². The van der Waals surface area contributed by atoms with E-state index < -0.39 is 28.5 Å². The van der Waals surface area contributed by atoms with Gasteiger partial charge in [0.15, 0.2) is 10.8 Å². The third kappa shape index (κ3) is 3.35. The lowest BCUT2D eigenvalue weighted by Crippen LogP contribution is -2.25. The molecule has 0 aliphatic carbocycles. The van der Waals surface area contributed by atoms with Crippen LogP contribution in [-0.2, 0) is 12.7 Å². The van der Waals surface area contributed by atoms with Crippen LogP contribution in [0.5, 0.6) is 0 Å². The van der Waals surface area contributed by atoms with E-state index in [0.29, 0.717) is 22.5 Å². The number of hydrogen-bond acceptors (Lipinski definition) is 4. The van der Waals surface area contributed by atoms with E-state index in [1.165, 1.54) is 19.1 Å². The van der Waals surface area contributed by atoms with Gasteiger partial charge in [0.1, 0.15) is 10.7 Å². The number of nitrogens with two attached hydrogens (primary N) is 1. The number of hydrogen-bond donors (Lipinski definition) is 2. The Morgan fingerprint density at radius 1 is 1.41 bits per heavy atom. The van der Waals surface area contributed by atoms with E-state index in [1.54, 1.807) is 6.07 Å². The van der Waals surface area contributed by atoms with Gasteiger partial charge >= 0.3 is 6.18 Å². The third-order valence-electron chi connectivity index (χ3n) is 2.94. The summed E-state index contributed by atoms with van der Waals surface area (Å²) in [5, 5.41) is 1.97. The predicted molar refractivity (Wildman–Crippen MR) is 73.8 cm³/mol. The van der Waals surface area contributed by atoms with Crippen molar-refractivity contribution in [1.82, 2.24) is 10.3 Å². The zero-order valence-corrected chi connectivity index (χ0v) is 12.1. The molecule has 1 amide bonds. The lowest BCUT2D eigenvalue weighted by Gasteiger charge is -2.09. The number of rotatable bonds is 3. The molecule has 2 aromatic rings. The molecule has 1 aromatic carbocycles. The summed E-state index contributed by atoms with van der Waals surface area (Å²) in [6.45, 7) is 1.42. The number of nitrogen functional groups attached to an aromatic ring is 1. The van der Waals surface area contributed by atoms with Gasteiger partial charge in [-0.3, -0.25) is 4.79 Å². The summed E-state index contributed by atoms with van der Waals surface area (Å²) in [5.74, 6) is -1.41. The van der Waals surface area contributed by atoms with Gasteiger partial charge in [0, 0.05) is 6.54 Å². The second kappa shape index (κ2) is 5.91. The van der Waals surface area contributed by atoms with Gasteiger partial charge in [0.2, 0.25) is 0 Å². The first-order valence-electron chi connectivity index (χ1n) is 6.06. The highest BCUT2D eigenvalue weighted by molar-refractivity contribution is 7.17. The fourth-order valence-electron chi connectivity index (χ4n) is 1.78. The second-order valence-corrected chi connectivity index (χ2v) is 5.46. The molecule has 0 aliphatic rings. The number of alkyl halides is 3. The number of carbonyl (C=O) groups excluding carboxylic acids is 1. The normalized spacial score (nSPS) is 11.5. The molecule has 0 spiro atoms. The first-order chi connectivity index (χ1) is 10.2. The Morgan fingerprint density at radius 2 is 2.09 bits per heavy atom. The van der Waals surface area contributed by atoms with Gasteiger partial charge in [-0.1, -0.05) is 23.5 Å². The number of carbonyl (C=O) groups is 1. The lowest BCUT2D eigenvalue weighted by molar-refractivity contribution is -0.141. The molecule has 3 N–H and O–H groups in total. The van der Waals surface area contributed by atoms with E-state index >= 15 is 0 Å². The van der Waals surface area contributed by atoms with Crippen LogP contribution < -0.4 is 11.1 Å². The Bertz CT molecular complexity index is 712. The fourth-order valence-corrected chi connectivity index (χ4v) is 2.55. The fraction of sp³-hybridized carbons (Fsp3) is 0.231. The molecule has 22 heavy (non-hydrogen) atoms. The highest BCUT2D eigenvalue weighted by atomic mass is 32.1. The standard InChI is InChI=1S/C13H11F4N3OS/c1-6-7(3-2-4-8(6)14)5-19-11(21)9-10(13(15,16)17)20-12(18)22-9/h2-4H,5H2,1H3,(H2,18,20)(H,19,21). The van der Waals surface area contributed by atoms with Crippen LogP contribution in [0.4, 0.5) is 22.7 Å². The molecule has 0 radical (unpaired) electrons. The van der Waals surface area contributed by atoms with E-state index in [-0.39, 0.29) is 11.7 Å². The molecular weight excluding hydrogens is 322 g/mol. The molecule has 1 aromatic heterocycles. The topological polar surface area (TPSA) is 68.0 Å². The number of thiazole rings is 1. The third-order valence-corrected chi connectivity index (χ3v) is 3.82. The molecule has 2 rings (SSSR count). The summed E-state index contributed by atoms with van der Waals surface area (Å²) < 4.78 is 51.6. The zero-order chi connectivity index (χ0) is 16.5. The summed E-state index contributed by atoms with van der Waals surface area (Å²) >= 11 is 0.452. The van der Waals surface area contributed by atoms with Crippen LogP contribution in [0, 0.1) is 12.7 Å². The van der Waals surface area contributed by atoms with E-state index in [4.69, 9.17) is 5.73 Å². The van der Waals surface area contributed by atoms with Crippen molar-refractivity contribution in [2.24, 2.45) is 0 Å². The Morgan fingerprint density at radius 3 is 2.73 bits per heavy atom. The highest BCUT2D eigenvalue weighted by Crippen LogP contribution is 2.35. The maximum absolute atomic E-state index is 13.4. The van der Waals surface area contributed by atoms with Crippen molar-refractivity contribution in [3.8, 4) is 0 Å². The molecule has 4 nitrogen and oxygen atoms in total. The van der Waals surface area contributed by atoms with Gasteiger partial charge in [-0.15, -0.1) is 0 Å². The maximum Gasteiger partial charge on any atom is 0.435 e. The van der Waals surface area contributed by atoms with Crippen LogP contribution in [0.15, 0.2) is 18.2 Å². The number of halogens is 4. The molecule has 0 aliphatic heterocycles. The van der Waals surface area contributed by atoms with Crippen LogP contribution in [-0.4, -0.2) is 10.9 Å². The van der Waals surface area contributed by atoms with Crippen molar-refractivity contribution in [2.45, 2.75) is 19.6 Å². The SMILES string of the molecule is Cc1c(F)cccc1CNC(=O)c1sc(N)nc1C(F)(F)F. The summed E-state index contributed by atoms with van der Waals surface area (Å²) in [5.41, 5.74) is 4.72. The van der Waals surface area contributed by atoms with Gasteiger partial charge in [0.05, 0.1) is 0 Å². The highest BCUT2D eigenvalue weighted by Gasteiger charge is 2.39. The van der Waals surface area contributed by atoms with E-state index in [1.807, 2.05) is 0 Å². The molecular formula is C13H11F4N3OS. The largest absolute Gasteiger partial charge is 0.435 e. The molecule has 118 valence electrons. The quantitative estimate of drug-likeness (QED) is 0.848. The van der Waals surface area contributed by atoms with E-state index in [2.05, 4.69) is 10.3 Å². The summed E-state index contributed by atoms with van der Waals surface area (Å²) in [6.07, 6.45) is -4.77. The Labute approximate surface area is 127 Å². The number of nitrogens with one attached hydrogen (secondary N) is 1. The van der Waals surface area contributed by atoms with Crippen LogP contribution in [0.3, 0.4) is 0 Å². The van der Waals surface area contributed by atoms with Crippen molar-refractivity contribution < 1.29 is 22.4 Å². The maximum atomic E-state index is 13.4. The first kappa shape index (κ1) is 16.2. The van der Waals surface area contributed by atoms with E-state index in [0.717, 1.165) is 0 Å². The molecule has 0 atom stereocenters. The molecule has 0 saturated carbocycles. The van der Waals surface area contributed by atoms with E-state index in [9.17, 15) is 22.4 Å². The molecule has 1 heterocycles. The predicted octanol–water partition coefficient (Wildman–Crippen LogP) is 3.12. The number of nitrogens with zero attached hydrogens (tertiary/aromatic N) is 1. The van der Waals surface area contributed by atoms with Crippen molar-refractivity contribution in [2.75, 3.05) is 5.73 Å². The molecule has 0 saturated heterocycles. The van der Waals surface area contributed by atoms with Gasteiger partial charge in [-0.25, -0.2) is 9.37 Å². The number of aromatic nitrogens is 1. The average molecular weight is 333 g/mol. The average Bonchev–Trinajstić information content (AvgIpc) is 2.82. The van der Waals surface area contributed by atoms with Gasteiger partial charge in [-0.05, 0) is 24.1 Å². The van der Waals surface area contributed by atoms with Crippen molar-refractivity contribution in [3.05, 3.63) is 45.7 Å². The molecule has 0 bridgehead atoms. The monoisotopic (exact) mass is 333 g/mol. The second-order valence-electron chi connectivity index (χ2n) is 4.43. The molecule has 0 fully saturated rings. The van der Waals surface area contributed by atoms with Crippen LogP contribution in [0.2, 0.25) is 0 Å². The summed E-state index contributed by atoms with van der Waals surface area (Å²) in [6, 6.07) is 4.28. The molecule has 0 unspecified atom stereocenters. The number of benzene rings is 1. The Balaban J connectivity index is 2.18. The van der Waals surface area contributed by atoms with Crippen molar-refractivity contribution >= 4 is 22.4 Å². The van der Waals surface area contributed by atoms with Gasteiger partial charge < -0.3 is 11.1 Å². The number of amides is 1. The first-order valence-corrected chi connectivity index (χ1v) is 6.87. The number of anilines is 1. The minimum absolute atomic E-state index is 0.0997. The summed E-state index contributed by atoms with van der Waals surface area (Å²) in [4.78, 5) is 14.4. The van der Waals surface area contributed by atoms with Gasteiger partial charge in [0.25, 0.3) is 5.91 Å². The zero-order valence-electron chi connectivity index (χ0n) is 11.3. The Hall–Kier alpha value is -2.16. The van der Waals surface area contributed by atoms with Gasteiger partial charge in [-0.2, -0.15) is 13.2 Å². The van der Waals surface area contributed by atoms with Crippen molar-refractivity contribution in [1.29, 1.82) is 0 Å². The Kier molecular flexibility index (Phi) is 4.36. The van der Waals surface area contributed by atoms with Crippen molar-refractivity contribution in [3.63, 3.8) is 0 Å². The smallest absolute Gasteiger partial charge is 0.375 e. The van der Waals surface area contributed by atoms with Crippen LogP contribution in [0.1, 0.15) is 26.5 Å². The lowest BCUT2D eigenvalue weighted by atomic mass is 10.1. The minimum Gasteiger partial charge on any atom is -0.375 e. The molecule has 9 heteroatoms.